The van der Waals surface area contributed by atoms with Gasteiger partial charge in [-0.05, 0) is 43.3 Å². The minimum Gasteiger partial charge on any atom is -0.385 e. The second kappa shape index (κ2) is 8.93. The van der Waals surface area contributed by atoms with Crippen LogP contribution in [0.5, 0.6) is 0 Å². The highest BCUT2D eigenvalue weighted by atomic mass is 35.5. The van der Waals surface area contributed by atoms with Crippen molar-refractivity contribution < 1.29 is 36.6 Å². The minimum atomic E-state index is -4.90. The number of hydrogen-bond acceptors (Lipinski definition) is 4. The molecule has 2 unspecified atom stereocenters. The van der Waals surface area contributed by atoms with Crippen LogP contribution in [0.25, 0.3) is 0 Å². The molecule has 7 nitrogen and oxygen atoms in total. The Morgan fingerprint density at radius 2 is 1.94 bits per heavy atom. The lowest BCUT2D eigenvalue weighted by molar-refractivity contribution is -0.137. The Kier molecular flexibility index (Phi) is 6.28. The third kappa shape index (κ3) is 4.84. The van der Waals surface area contributed by atoms with Crippen molar-refractivity contribution in [3.05, 3.63) is 81.3 Å². The summed E-state index contributed by atoms with van der Waals surface area (Å²) in [4.78, 5) is 29.3. The number of hydrogen-bond donors (Lipinski definition) is 3. The molecule has 0 spiro atoms. The number of aliphatic hydroxyl groups excluding tert-OH is 1. The topological polar surface area (TPSA) is 96.2 Å². The van der Waals surface area contributed by atoms with E-state index in [1.165, 1.54) is 17.6 Å². The van der Waals surface area contributed by atoms with Crippen LogP contribution in [0.15, 0.2) is 36.4 Å². The van der Waals surface area contributed by atoms with Crippen LogP contribution in [0.2, 0.25) is 5.02 Å². The van der Waals surface area contributed by atoms with Crippen LogP contribution in [0.4, 0.5) is 27.8 Å². The number of nitrogens with zero attached hydrogens (tertiary/aromatic N) is 2. The number of nitrogens with one attached hydrogen (secondary N) is 2. The zero-order chi connectivity index (χ0) is 25.7. The molecule has 3 N–H and O–H groups in total. The molecule has 13 heteroatoms. The first-order chi connectivity index (χ1) is 16.3. The number of anilines is 1. The molecule has 184 valence electrons. The number of rotatable bonds is 4. The fourth-order valence-electron chi connectivity index (χ4n) is 3.80. The van der Waals surface area contributed by atoms with Gasteiger partial charge in [-0.3, -0.25) is 9.59 Å². The van der Waals surface area contributed by atoms with Crippen LogP contribution in [-0.4, -0.2) is 26.5 Å². The maximum Gasteiger partial charge on any atom is 0.416 e. The normalized spacial score (nSPS) is 16.5. The van der Waals surface area contributed by atoms with Gasteiger partial charge in [0.15, 0.2) is 5.82 Å². The standard InChI is InChI=1S/C22H16ClF5N4O3/c1-9(33)20-30-19(31-21(35)10-4-11(22(26,27)28)6-13(25)5-10)18-17(29-16(34)8-32(18)20)14-7-12(24)2-3-15(14)23/h2-7,9,17,33H,8H2,1H3,(H,29,34)(H,31,35). The second-order valence-electron chi connectivity index (χ2n) is 7.81. The summed E-state index contributed by atoms with van der Waals surface area (Å²) in [5.74, 6) is -3.89. The Morgan fingerprint density at radius 3 is 2.60 bits per heavy atom. The molecule has 1 aliphatic heterocycles. The average molecular weight is 515 g/mol. The summed E-state index contributed by atoms with van der Waals surface area (Å²) < 4.78 is 68.3. The van der Waals surface area contributed by atoms with Crippen LogP contribution >= 0.6 is 11.6 Å². The Bertz CT molecular complexity index is 1340. The number of aromatic nitrogens is 2. The molecular formula is C22H16ClF5N4O3. The maximum atomic E-state index is 14.0. The molecule has 3 aromatic rings. The smallest absolute Gasteiger partial charge is 0.385 e. The summed E-state index contributed by atoms with van der Waals surface area (Å²) in [5.41, 5.74) is -1.80. The van der Waals surface area contributed by atoms with Crippen LogP contribution in [0, 0.1) is 11.6 Å². The molecule has 0 radical (unpaired) electrons. The molecule has 0 fully saturated rings. The van der Waals surface area contributed by atoms with E-state index in [0.29, 0.717) is 12.1 Å². The van der Waals surface area contributed by atoms with Gasteiger partial charge in [0.2, 0.25) is 5.91 Å². The summed E-state index contributed by atoms with van der Waals surface area (Å²) in [5, 5.41) is 15.2. The van der Waals surface area contributed by atoms with Crippen molar-refractivity contribution >= 4 is 29.2 Å². The van der Waals surface area contributed by atoms with Crippen molar-refractivity contribution in [1.82, 2.24) is 14.9 Å². The first-order valence-electron chi connectivity index (χ1n) is 10.1. The van der Waals surface area contributed by atoms with Crippen molar-refractivity contribution in [3.8, 4) is 0 Å². The van der Waals surface area contributed by atoms with Crippen molar-refractivity contribution in [2.75, 3.05) is 5.32 Å². The predicted octanol–water partition coefficient (Wildman–Crippen LogP) is 4.36. The first-order valence-corrected chi connectivity index (χ1v) is 10.4. The van der Waals surface area contributed by atoms with Gasteiger partial charge < -0.3 is 20.3 Å². The highest BCUT2D eigenvalue weighted by Crippen LogP contribution is 2.37. The van der Waals surface area contributed by atoms with Crippen molar-refractivity contribution in [1.29, 1.82) is 0 Å². The van der Waals surface area contributed by atoms with Gasteiger partial charge in [0.1, 0.15) is 30.1 Å². The summed E-state index contributed by atoms with van der Waals surface area (Å²) in [6, 6.07) is 3.62. The summed E-state index contributed by atoms with van der Waals surface area (Å²) in [7, 11) is 0. The molecule has 0 bridgehead atoms. The van der Waals surface area contributed by atoms with E-state index in [-0.39, 0.29) is 40.5 Å². The largest absolute Gasteiger partial charge is 0.416 e. The van der Waals surface area contributed by atoms with Crippen molar-refractivity contribution in [2.45, 2.75) is 31.8 Å². The molecule has 1 aliphatic rings. The summed E-state index contributed by atoms with van der Waals surface area (Å²) in [6.07, 6.45) is -6.12. The number of aliphatic hydroxyl groups is 1. The van der Waals surface area contributed by atoms with E-state index in [2.05, 4.69) is 15.6 Å². The SMILES string of the molecule is CC(O)c1nc(NC(=O)c2cc(F)cc(C(F)(F)F)c2)c2n1CC(=O)NC2c1cc(F)ccc1Cl. The fourth-order valence-corrected chi connectivity index (χ4v) is 4.02. The number of carbonyl (C=O) groups is 2. The number of carbonyl (C=O) groups excluding carboxylic acids is 2. The molecule has 2 atom stereocenters. The highest BCUT2D eigenvalue weighted by molar-refractivity contribution is 6.31. The summed E-state index contributed by atoms with van der Waals surface area (Å²) in [6.45, 7) is 1.03. The van der Waals surface area contributed by atoms with Gasteiger partial charge in [-0.2, -0.15) is 13.2 Å². The van der Waals surface area contributed by atoms with E-state index in [1.54, 1.807) is 0 Å². The third-order valence-corrected chi connectivity index (χ3v) is 5.62. The molecule has 0 aliphatic carbocycles. The van der Waals surface area contributed by atoms with Gasteiger partial charge in [0.25, 0.3) is 5.91 Å². The third-order valence-electron chi connectivity index (χ3n) is 5.28. The molecular weight excluding hydrogens is 499 g/mol. The Morgan fingerprint density at radius 1 is 1.23 bits per heavy atom. The quantitative estimate of drug-likeness (QED) is 0.451. The number of benzene rings is 2. The number of halogens is 6. The zero-order valence-corrected chi connectivity index (χ0v) is 18.5. The maximum absolute atomic E-state index is 14.0. The zero-order valence-electron chi connectivity index (χ0n) is 17.8. The Hall–Kier alpha value is -3.51. The van der Waals surface area contributed by atoms with Crippen LogP contribution in [-0.2, 0) is 17.5 Å². The van der Waals surface area contributed by atoms with E-state index in [9.17, 15) is 36.6 Å². The number of imidazole rings is 1. The molecule has 0 saturated heterocycles. The average Bonchev–Trinajstić information content (AvgIpc) is 3.12. The van der Waals surface area contributed by atoms with Crippen LogP contribution < -0.4 is 10.6 Å². The van der Waals surface area contributed by atoms with Gasteiger partial charge in [0, 0.05) is 16.1 Å². The molecule has 35 heavy (non-hydrogen) atoms. The van der Waals surface area contributed by atoms with Crippen molar-refractivity contribution in [2.24, 2.45) is 0 Å². The van der Waals surface area contributed by atoms with Crippen LogP contribution in [0.3, 0.4) is 0 Å². The minimum absolute atomic E-state index is 0.0436. The van der Waals surface area contributed by atoms with Crippen molar-refractivity contribution in [3.63, 3.8) is 0 Å². The molecule has 2 heterocycles. The first kappa shape index (κ1) is 24.6. The lowest BCUT2D eigenvalue weighted by Crippen LogP contribution is -2.40. The van der Waals surface area contributed by atoms with Gasteiger partial charge in [-0.15, -0.1) is 0 Å². The Labute approximate surface area is 199 Å². The van der Waals surface area contributed by atoms with Gasteiger partial charge >= 0.3 is 6.18 Å². The molecule has 2 amide bonds. The second-order valence-corrected chi connectivity index (χ2v) is 8.22. The molecule has 1 aromatic heterocycles. The fraction of sp³-hybridized carbons (Fsp3) is 0.227. The van der Waals surface area contributed by atoms with Crippen LogP contribution in [0.1, 0.15) is 52.1 Å². The van der Waals surface area contributed by atoms with E-state index in [1.807, 2.05) is 0 Å². The van der Waals surface area contributed by atoms with Gasteiger partial charge in [-0.1, -0.05) is 11.6 Å². The number of amides is 2. The number of fused-ring (bicyclic) bond motifs is 1. The van der Waals surface area contributed by atoms with Gasteiger partial charge in [0.05, 0.1) is 17.3 Å². The highest BCUT2D eigenvalue weighted by Gasteiger charge is 2.36. The Balaban J connectivity index is 1.82. The van der Waals surface area contributed by atoms with E-state index >= 15 is 0 Å². The lowest BCUT2D eigenvalue weighted by Gasteiger charge is -2.28. The van der Waals surface area contributed by atoms with E-state index < -0.39 is 52.9 Å². The molecule has 0 saturated carbocycles. The van der Waals surface area contributed by atoms with Gasteiger partial charge in [-0.25, -0.2) is 13.8 Å². The number of alkyl halides is 3. The summed E-state index contributed by atoms with van der Waals surface area (Å²) >= 11 is 6.21. The van der Waals surface area contributed by atoms with E-state index in [4.69, 9.17) is 11.6 Å². The molecule has 2 aromatic carbocycles. The molecule has 4 rings (SSSR count). The lowest BCUT2D eigenvalue weighted by atomic mass is 10.0. The van der Waals surface area contributed by atoms with E-state index in [0.717, 1.165) is 12.1 Å². The predicted molar refractivity (Wildman–Crippen MR) is 114 cm³/mol. The monoisotopic (exact) mass is 514 g/mol.